The van der Waals surface area contributed by atoms with E-state index < -0.39 is 5.91 Å². The Balaban J connectivity index is 2.06. The van der Waals surface area contributed by atoms with Crippen LogP contribution in [0.1, 0.15) is 26.3 Å². The SMILES string of the molecule is COc1ccc(CN(C(=O)c2ccc(C(=O)NN)cc2)c2cc(OC)c(OC)c(OC)c2)cc1. The number of amides is 2. The third-order valence-electron chi connectivity index (χ3n) is 5.23. The van der Waals surface area contributed by atoms with E-state index in [1.807, 2.05) is 24.3 Å². The van der Waals surface area contributed by atoms with Crippen LogP contribution in [-0.4, -0.2) is 40.3 Å². The molecule has 3 aromatic carbocycles. The number of hydrogen-bond acceptors (Lipinski definition) is 7. The van der Waals surface area contributed by atoms with Crippen LogP contribution in [0.2, 0.25) is 0 Å². The van der Waals surface area contributed by atoms with Crippen molar-refractivity contribution in [2.24, 2.45) is 5.84 Å². The minimum absolute atomic E-state index is 0.256. The fourth-order valence-corrected chi connectivity index (χ4v) is 3.42. The van der Waals surface area contributed by atoms with E-state index in [-0.39, 0.29) is 12.5 Å². The molecule has 2 amide bonds. The lowest BCUT2D eigenvalue weighted by atomic mass is 10.1. The molecule has 0 fully saturated rings. The minimum atomic E-state index is -0.446. The fourth-order valence-electron chi connectivity index (χ4n) is 3.42. The molecule has 3 N–H and O–H groups in total. The molecule has 3 rings (SSSR count). The van der Waals surface area contributed by atoms with Crippen molar-refractivity contribution >= 4 is 17.5 Å². The molecule has 0 unspecified atom stereocenters. The highest BCUT2D eigenvalue weighted by Crippen LogP contribution is 2.41. The first-order chi connectivity index (χ1) is 16.4. The Bertz CT molecular complexity index is 1120. The van der Waals surface area contributed by atoms with Crippen LogP contribution in [0.15, 0.2) is 60.7 Å². The number of nitrogens with zero attached hydrogens (tertiary/aromatic N) is 1. The predicted octanol–water partition coefficient (Wildman–Crippen LogP) is 3.17. The molecule has 178 valence electrons. The number of rotatable bonds is 9. The van der Waals surface area contributed by atoms with Gasteiger partial charge in [-0.05, 0) is 42.0 Å². The number of carbonyl (C=O) groups excluding carboxylic acids is 2. The van der Waals surface area contributed by atoms with Crippen molar-refractivity contribution in [2.75, 3.05) is 33.3 Å². The number of anilines is 1. The molecular formula is C25H27N3O6. The number of carbonyl (C=O) groups is 2. The molecule has 9 heteroatoms. The molecule has 34 heavy (non-hydrogen) atoms. The monoisotopic (exact) mass is 465 g/mol. The molecule has 0 aliphatic heterocycles. The Kier molecular flexibility index (Phi) is 7.94. The Morgan fingerprint density at radius 3 is 1.82 bits per heavy atom. The molecule has 0 bridgehead atoms. The first kappa shape index (κ1) is 24.4. The largest absolute Gasteiger partial charge is 0.497 e. The first-order valence-corrected chi connectivity index (χ1v) is 10.3. The number of ether oxygens (including phenoxy) is 4. The number of nitrogen functional groups attached to an aromatic ring is 1. The normalized spacial score (nSPS) is 10.3. The van der Waals surface area contributed by atoms with Crippen molar-refractivity contribution in [3.63, 3.8) is 0 Å². The predicted molar refractivity (Wildman–Crippen MR) is 128 cm³/mol. The van der Waals surface area contributed by atoms with Crippen LogP contribution in [0.3, 0.4) is 0 Å². The summed E-state index contributed by atoms with van der Waals surface area (Å²) in [6.45, 7) is 0.256. The summed E-state index contributed by atoms with van der Waals surface area (Å²) in [7, 11) is 6.13. The number of nitrogens with one attached hydrogen (secondary N) is 1. The van der Waals surface area contributed by atoms with Gasteiger partial charge in [-0.3, -0.25) is 15.0 Å². The summed E-state index contributed by atoms with van der Waals surface area (Å²) < 4.78 is 21.6. The molecule has 9 nitrogen and oxygen atoms in total. The Morgan fingerprint density at radius 1 is 0.794 bits per heavy atom. The maximum absolute atomic E-state index is 13.6. The summed E-state index contributed by atoms with van der Waals surface area (Å²) in [5.74, 6) is 6.42. The second-order valence-corrected chi connectivity index (χ2v) is 7.17. The molecule has 0 aliphatic rings. The second kappa shape index (κ2) is 11.1. The third kappa shape index (κ3) is 5.21. The number of methoxy groups -OCH3 is 4. The molecule has 3 aromatic rings. The van der Waals surface area contributed by atoms with Crippen molar-refractivity contribution in [1.29, 1.82) is 0 Å². The number of hydrogen-bond donors (Lipinski definition) is 2. The van der Waals surface area contributed by atoms with Gasteiger partial charge in [0.1, 0.15) is 5.75 Å². The van der Waals surface area contributed by atoms with Gasteiger partial charge in [0, 0.05) is 23.3 Å². The van der Waals surface area contributed by atoms with E-state index in [1.54, 1.807) is 36.3 Å². The van der Waals surface area contributed by atoms with Crippen LogP contribution in [0, 0.1) is 0 Å². The van der Waals surface area contributed by atoms with Crippen LogP contribution < -0.4 is 35.1 Å². The van der Waals surface area contributed by atoms with E-state index in [0.29, 0.717) is 39.8 Å². The van der Waals surface area contributed by atoms with Gasteiger partial charge in [-0.2, -0.15) is 0 Å². The third-order valence-corrected chi connectivity index (χ3v) is 5.23. The van der Waals surface area contributed by atoms with E-state index in [9.17, 15) is 9.59 Å². The Hall–Kier alpha value is -4.24. The van der Waals surface area contributed by atoms with Crippen molar-refractivity contribution in [1.82, 2.24) is 5.43 Å². The zero-order valence-corrected chi connectivity index (χ0v) is 19.5. The standard InChI is InChI=1S/C25H27N3O6/c1-31-20-11-5-16(6-12-20)15-28(19-13-21(32-2)23(34-4)22(14-19)33-3)25(30)18-9-7-17(8-10-18)24(29)27-26/h5-14H,15,26H2,1-4H3,(H,27,29). The Labute approximate surface area is 197 Å². The van der Waals surface area contributed by atoms with Crippen LogP contribution in [-0.2, 0) is 6.54 Å². The highest BCUT2D eigenvalue weighted by molar-refractivity contribution is 6.07. The smallest absolute Gasteiger partial charge is 0.265 e. The van der Waals surface area contributed by atoms with Crippen LogP contribution in [0.5, 0.6) is 23.0 Å². The van der Waals surface area contributed by atoms with Crippen LogP contribution in [0.4, 0.5) is 5.69 Å². The number of hydrazine groups is 1. The summed E-state index contributed by atoms with van der Waals surface area (Å²) in [4.78, 5) is 27.0. The van der Waals surface area contributed by atoms with Crippen molar-refractivity contribution < 1.29 is 28.5 Å². The van der Waals surface area contributed by atoms with Gasteiger partial charge in [-0.15, -0.1) is 0 Å². The van der Waals surface area contributed by atoms with Crippen molar-refractivity contribution in [3.8, 4) is 23.0 Å². The quantitative estimate of drug-likeness (QED) is 0.284. The summed E-state index contributed by atoms with van der Waals surface area (Å²) >= 11 is 0. The maximum atomic E-state index is 13.6. The van der Waals surface area contributed by atoms with Gasteiger partial charge >= 0.3 is 0 Å². The summed E-state index contributed by atoms with van der Waals surface area (Å²) in [5.41, 5.74) is 4.22. The average molecular weight is 466 g/mol. The molecule has 0 heterocycles. The van der Waals surface area contributed by atoms with Crippen molar-refractivity contribution in [3.05, 3.63) is 77.4 Å². The molecule has 0 saturated carbocycles. The fraction of sp³-hybridized carbons (Fsp3) is 0.200. The maximum Gasteiger partial charge on any atom is 0.265 e. The van der Waals surface area contributed by atoms with Crippen LogP contribution in [0.25, 0.3) is 0 Å². The van der Waals surface area contributed by atoms with Crippen LogP contribution >= 0.6 is 0 Å². The molecule has 0 aliphatic carbocycles. The minimum Gasteiger partial charge on any atom is -0.497 e. The molecule has 0 atom stereocenters. The van der Waals surface area contributed by atoms with Gasteiger partial charge in [0.05, 0.1) is 40.7 Å². The molecular weight excluding hydrogens is 438 g/mol. The zero-order chi connectivity index (χ0) is 24.7. The van der Waals surface area contributed by atoms with Gasteiger partial charge in [0.25, 0.3) is 11.8 Å². The van der Waals surface area contributed by atoms with Gasteiger partial charge in [-0.25, -0.2) is 5.84 Å². The summed E-state index contributed by atoms with van der Waals surface area (Å²) in [5, 5.41) is 0. The van der Waals surface area contributed by atoms with Gasteiger partial charge in [-0.1, -0.05) is 12.1 Å². The molecule has 0 aromatic heterocycles. The zero-order valence-electron chi connectivity index (χ0n) is 19.5. The molecule has 0 spiro atoms. The molecule has 0 radical (unpaired) electrons. The lowest BCUT2D eigenvalue weighted by Gasteiger charge is -2.25. The van der Waals surface area contributed by atoms with Crippen molar-refractivity contribution in [2.45, 2.75) is 6.54 Å². The molecule has 0 saturated heterocycles. The highest BCUT2D eigenvalue weighted by Gasteiger charge is 2.23. The first-order valence-electron chi connectivity index (χ1n) is 10.3. The van der Waals surface area contributed by atoms with Gasteiger partial charge in [0.2, 0.25) is 5.75 Å². The Morgan fingerprint density at radius 2 is 1.35 bits per heavy atom. The van der Waals surface area contributed by atoms with E-state index in [0.717, 1.165) is 5.56 Å². The number of benzene rings is 3. The van der Waals surface area contributed by atoms with Gasteiger partial charge in [0.15, 0.2) is 11.5 Å². The summed E-state index contributed by atoms with van der Waals surface area (Å²) in [6.07, 6.45) is 0. The number of nitrogens with two attached hydrogens (primary N) is 1. The topological polar surface area (TPSA) is 112 Å². The van der Waals surface area contributed by atoms with E-state index in [2.05, 4.69) is 5.43 Å². The second-order valence-electron chi connectivity index (χ2n) is 7.17. The van der Waals surface area contributed by atoms with Gasteiger partial charge < -0.3 is 23.8 Å². The lowest BCUT2D eigenvalue weighted by Crippen LogP contribution is -2.31. The van der Waals surface area contributed by atoms with E-state index in [1.165, 1.54) is 33.5 Å². The van der Waals surface area contributed by atoms with E-state index in [4.69, 9.17) is 24.8 Å². The van der Waals surface area contributed by atoms with E-state index >= 15 is 0 Å². The average Bonchev–Trinajstić information content (AvgIpc) is 2.90. The highest BCUT2D eigenvalue weighted by atomic mass is 16.5. The lowest BCUT2D eigenvalue weighted by molar-refractivity contribution is 0.0950. The summed E-state index contributed by atoms with van der Waals surface area (Å²) in [6, 6.07) is 17.1.